The van der Waals surface area contributed by atoms with E-state index < -0.39 is 34.3 Å². The van der Waals surface area contributed by atoms with Crippen molar-refractivity contribution < 1.29 is 35.9 Å². The number of hydrogen-bond acceptors (Lipinski definition) is 5. The topological polar surface area (TPSA) is 77.8 Å². The molecule has 0 aliphatic carbocycles. The fraction of sp³-hybridized carbons (Fsp3) is 0.346. The van der Waals surface area contributed by atoms with Crippen LogP contribution in [0.15, 0.2) is 51.8 Å². The van der Waals surface area contributed by atoms with Gasteiger partial charge in [0.15, 0.2) is 9.84 Å². The van der Waals surface area contributed by atoms with Gasteiger partial charge in [0.05, 0.1) is 35.4 Å². The summed E-state index contributed by atoms with van der Waals surface area (Å²) in [7, 11) is -2.24. The maximum absolute atomic E-state index is 13.4. The summed E-state index contributed by atoms with van der Waals surface area (Å²) in [5, 5.41) is 0.558. The van der Waals surface area contributed by atoms with Gasteiger partial charge in [0.25, 0.3) is 0 Å². The average Bonchev–Trinajstić information content (AvgIpc) is 3.11. The predicted octanol–water partition coefficient (Wildman–Crippen LogP) is 6.17. The molecule has 12 heteroatoms. The van der Waals surface area contributed by atoms with E-state index in [9.17, 15) is 26.4 Å². The summed E-state index contributed by atoms with van der Waals surface area (Å²) in [6.45, 7) is 3.50. The molecule has 7 nitrogen and oxygen atoms in total. The summed E-state index contributed by atoms with van der Waals surface area (Å²) < 4.78 is 76.6. The van der Waals surface area contributed by atoms with Gasteiger partial charge in [-0.05, 0) is 57.0 Å². The van der Waals surface area contributed by atoms with Gasteiger partial charge in [-0.15, -0.1) is 0 Å². The van der Waals surface area contributed by atoms with Crippen LogP contribution in [0.25, 0.3) is 10.9 Å². The molecule has 0 radical (unpaired) electrons. The van der Waals surface area contributed by atoms with E-state index in [1.807, 2.05) is 0 Å². The van der Waals surface area contributed by atoms with Crippen molar-refractivity contribution in [2.24, 2.45) is 0 Å². The van der Waals surface area contributed by atoms with E-state index in [0.717, 1.165) is 15.7 Å². The summed E-state index contributed by atoms with van der Waals surface area (Å²) in [6, 6.07) is 10.4. The first-order chi connectivity index (χ1) is 17.5. The molecule has 1 amide bonds. The number of amides is 1. The largest absolute Gasteiger partial charge is 0.495 e. The van der Waals surface area contributed by atoms with E-state index in [0.29, 0.717) is 15.4 Å². The van der Waals surface area contributed by atoms with Gasteiger partial charge in [-0.2, -0.15) is 13.2 Å². The zero-order valence-corrected chi connectivity index (χ0v) is 23.7. The summed E-state index contributed by atoms with van der Waals surface area (Å²) in [5.41, 5.74) is -0.230. The molecule has 0 aliphatic rings. The Morgan fingerprint density at radius 1 is 1.13 bits per heavy atom. The zero-order valence-electron chi connectivity index (χ0n) is 21.3. The number of fused-ring (bicyclic) bond motifs is 1. The minimum absolute atomic E-state index is 0.0180. The maximum Gasteiger partial charge on any atom is 0.415 e. The quantitative estimate of drug-likeness (QED) is 0.321. The van der Waals surface area contributed by atoms with E-state index in [1.165, 1.54) is 31.4 Å². The number of halogens is 4. The van der Waals surface area contributed by atoms with Gasteiger partial charge < -0.3 is 14.0 Å². The number of hydrogen-bond donors (Lipinski definition) is 0. The van der Waals surface area contributed by atoms with Crippen molar-refractivity contribution in [1.29, 1.82) is 0 Å². The van der Waals surface area contributed by atoms with Gasteiger partial charge in [0.2, 0.25) is 0 Å². The van der Waals surface area contributed by atoms with E-state index >= 15 is 0 Å². The highest BCUT2D eigenvalue weighted by atomic mass is 79.9. The molecule has 1 heterocycles. The fourth-order valence-electron chi connectivity index (χ4n) is 3.59. The highest BCUT2D eigenvalue weighted by Gasteiger charge is 2.30. The molecule has 3 rings (SSSR count). The molecular weight excluding hydrogens is 589 g/mol. The molecule has 0 atom stereocenters. The summed E-state index contributed by atoms with van der Waals surface area (Å²) in [4.78, 5) is 14.2. The van der Waals surface area contributed by atoms with Crippen LogP contribution in [0.3, 0.4) is 0 Å². The van der Waals surface area contributed by atoms with E-state index in [4.69, 9.17) is 9.47 Å². The Morgan fingerprint density at radius 2 is 1.82 bits per heavy atom. The molecule has 0 bridgehead atoms. The number of anilines is 1. The lowest BCUT2D eigenvalue weighted by Gasteiger charge is -2.27. The first kappa shape index (κ1) is 29.4. The number of alkyl halides is 3. The molecule has 0 unspecified atom stereocenters. The highest BCUT2D eigenvalue weighted by Crippen LogP contribution is 2.33. The molecule has 0 saturated carbocycles. The first-order valence-electron chi connectivity index (χ1n) is 11.2. The zero-order chi connectivity index (χ0) is 28.5. The average molecular weight is 615 g/mol. The van der Waals surface area contributed by atoms with Crippen molar-refractivity contribution >= 4 is 48.5 Å². The fourth-order valence-corrected chi connectivity index (χ4v) is 4.69. The molecule has 3 aromatic rings. The third-order valence-electron chi connectivity index (χ3n) is 5.17. The number of methoxy groups -OCH3 is 1. The summed E-state index contributed by atoms with van der Waals surface area (Å²) >= 11 is 3.36. The van der Waals surface area contributed by atoms with Crippen molar-refractivity contribution in [3.63, 3.8) is 0 Å². The second kappa shape index (κ2) is 10.9. The van der Waals surface area contributed by atoms with Crippen LogP contribution in [0.1, 0.15) is 26.5 Å². The Labute approximate surface area is 227 Å². The summed E-state index contributed by atoms with van der Waals surface area (Å²) in [6.07, 6.45) is -4.24. The number of sulfone groups is 1. The third kappa shape index (κ3) is 7.23. The van der Waals surface area contributed by atoms with Gasteiger partial charge in [0, 0.05) is 22.2 Å². The lowest BCUT2D eigenvalue weighted by atomic mass is 10.2. The van der Waals surface area contributed by atoms with E-state index in [2.05, 4.69) is 27.8 Å². The van der Waals surface area contributed by atoms with Crippen molar-refractivity contribution in [1.82, 2.24) is 4.57 Å². The molecule has 0 spiro atoms. The van der Waals surface area contributed by atoms with Gasteiger partial charge in [-0.25, -0.2) is 13.2 Å². The van der Waals surface area contributed by atoms with Crippen LogP contribution in [-0.4, -0.2) is 50.8 Å². The number of aromatic nitrogens is 1. The van der Waals surface area contributed by atoms with E-state index in [-0.39, 0.29) is 28.6 Å². The number of nitrogens with zero attached hydrogens (tertiary/aromatic N) is 2. The Kier molecular flexibility index (Phi) is 8.43. The number of carbonyl (C=O) groups is 1. The molecular formula is C26H26BrF3N2O5S. The van der Waals surface area contributed by atoms with Crippen molar-refractivity contribution in [3.8, 4) is 17.6 Å². The monoisotopic (exact) mass is 614 g/mol. The number of ether oxygens (including phenoxy) is 2. The van der Waals surface area contributed by atoms with Gasteiger partial charge in [-0.3, -0.25) is 4.90 Å². The van der Waals surface area contributed by atoms with Crippen molar-refractivity contribution in [2.45, 2.75) is 44.0 Å². The van der Waals surface area contributed by atoms with Gasteiger partial charge in [0.1, 0.15) is 17.9 Å². The number of benzene rings is 2. The van der Waals surface area contributed by atoms with Crippen LogP contribution >= 0.6 is 15.9 Å². The molecule has 38 heavy (non-hydrogen) atoms. The first-order valence-corrected chi connectivity index (χ1v) is 13.9. The molecule has 0 N–H and O–H groups in total. The van der Waals surface area contributed by atoms with Crippen LogP contribution in [0.5, 0.6) is 5.75 Å². The Bertz CT molecular complexity index is 1530. The maximum atomic E-state index is 13.4. The minimum Gasteiger partial charge on any atom is -0.495 e. The molecule has 0 saturated heterocycles. The van der Waals surface area contributed by atoms with Crippen LogP contribution in [-0.2, 0) is 21.1 Å². The van der Waals surface area contributed by atoms with Crippen LogP contribution in [0.4, 0.5) is 23.7 Å². The Balaban J connectivity index is 2.08. The Morgan fingerprint density at radius 3 is 2.39 bits per heavy atom. The second-order valence-corrected chi connectivity index (χ2v) is 12.2. The highest BCUT2D eigenvalue weighted by molar-refractivity contribution is 9.10. The lowest BCUT2D eigenvalue weighted by Crippen LogP contribution is -2.37. The lowest BCUT2D eigenvalue weighted by molar-refractivity contribution is -0.140. The van der Waals surface area contributed by atoms with Crippen molar-refractivity contribution in [3.05, 3.63) is 52.6 Å². The molecule has 204 valence electrons. The minimum atomic E-state index is -4.48. The normalized spacial score (nSPS) is 12.1. The predicted molar refractivity (Wildman–Crippen MR) is 142 cm³/mol. The molecule has 1 aromatic heterocycles. The van der Waals surface area contributed by atoms with Crippen LogP contribution in [0.2, 0.25) is 0 Å². The number of carbonyl (C=O) groups excluding carboxylic acids is 1. The second-order valence-electron chi connectivity index (χ2n) is 9.38. The molecule has 0 fully saturated rings. The number of rotatable bonds is 5. The van der Waals surface area contributed by atoms with Gasteiger partial charge in [-0.1, -0.05) is 27.9 Å². The smallest absolute Gasteiger partial charge is 0.415 e. The van der Waals surface area contributed by atoms with Crippen LogP contribution in [0, 0.1) is 11.8 Å². The third-order valence-corrected chi connectivity index (χ3v) is 6.97. The van der Waals surface area contributed by atoms with Gasteiger partial charge >= 0.3 is 12.3 Å². The van der Waals surface area contributed by atoms with Crippen LogP contribution < -0.4 is 9.64 Å². The van der Waals surface area contributed by atoms with Crippen molar-refractivity contribution in [2.75, 3.05) is 24.8 Å². The molecule has 2 aromatic carbocycles. The Hall–Kier alpha value is -3.17. The van der Waals surface area contributed by atoms with E-state index in [1.54, 1.807) is 39.0 Å². The molecule has 0 aliphatic heterocycles. The standard InChI is InChI=1S/C26H26BrF3N2O5S/c1-25(2,3)37-24(33)31(22-12-11-18(38(5,34)35)15-23(22)36-4)13-7-8-17-14-19-20(27)9-6-10-21(19)32(17)16-26(28,29)30/h6,9-12,14-15H,13,16H2,1-5H3. The SMILES string of the molecule is COc1cc(S(C)(=O)=O)ccc1N(CC#Cc1cc2c(Br)cccc2n1CC(F)(F)F)C(=O)OC(C)(C)C. The summed E-state index contributed by atoms with van der Waals surface area (Å²) in [5.74, 6) is 5.60.